The Labute approximate surface area is 362 Å². The summed E-state index contributed by atoms with van der Waals surface area (Å²) in [6.07, 6.45) is 0. The number of para-hydroxylation sites is 2. The molecule has 0 fully saturated rings. The maximum absolute atomic E-state index is 2.40. The highest BCUT2D eigenvalue weighted by Gasteiger charge is 2.20. The summed E-state index contributed by atoms with van der Waals surface area (Å²) in [6, 6.07) is 92.0. The maximum Gasteiger partial charge on any atom is 0.0541 e. The summed E-state index contributed by atoms with van der Waals surface area (Å²) in [5, 5.41) is 2.54. The van der Waals surface area contributed by atoms with Gasteiger partial charge in [0.1, 0.15) is 0 Å². The van der Waals surface area contributed by atoms with E-state index in [1.165, 1.54) is 66.3 Å². The van der Waals surface area contributed by atoms with Crippen LogP contribution in [0.15, 0.2) is 255 Å². The smallest absolute Gasteiger partial charge is 0.0541 e. The van der Waals surface area contributed by atoms with Gasteiger partial charge >= 0.3 is 0 Å². The second-order valence-electron chi connectivity index (χ2n) is 15.7. The highest BCUT2D eigenvalue weighted by Crippen LogP contribution is 2.44. The molecule has 0 saturated carbocycles. The van der Waals surface area contributed by atoms with Crippen LogP contribution in [0.2, 0.25) is 0 Å². The molecular formula is C60H42N2. The van der Waals surface area contributed by atoms with E-state index in [1.54, 1.807) is 0 Å². The van der Waals surface area contributed by atoms with E-state index < -0.39 is 0 Å². The summed E-state index contributed by atoms with van der Waals surface area (Å²) < 4.78 is 2.37. The zero-order valence-corrected chi connectivity index (χ0v) is 34.1. The Morgan fingerprint density at radius 2 is 0.629 bits per heavy atom. The van der Waals surface area contributed by atoms with Crippen molar-refractivity contribution in [2.24, 2.45) is 0 Å². The average Bonchev–Trinajstić information content (AvgIpc) is 3.70. The first-order valence-corrected chi connectivity index (χ1v) is 21.3. The average molecular weight is 791 g/mol. The third-order valence-electron chi connectivity index (χ3n) is 12.0. The molecule has 0 saturated heterocycles. The Morgan fingerprint density at radius 1 is 0.258 bits per heavy atom. The van der Waals surface area contributed by atoms with Gasteiger partial charge in [0.25, 0.3) is 0 Å². The molecule has 1 heterocycles. The van der Waals surface area contributed by atoms with E-state index in [9.17, 15) is 0 Å². The van der Waals surface area contributed by atoms with Crippen molar-refractivity contribution in [1.29, 1.82) is 0 Å². The van der Waals surface area contributed by atoms with Crippen molar-refractivity contribution < 1.29 is 0 Å². The highest BCUT2D eigenvalue weighted by atomic mass is 15.1. The van der Waals surface area contributed by atoms with Gasteiger partial charge in [-0.3, -0.25) is 0 Å². The summed E-state index contributed by atoms with van der Waals surface area (Å²) >= 11 is 0. The van der Waals surface area contributed by atoms with Crippen molar-refractivity contribution in [3.63, 3.8) is 0 Å². The second-order valence-corrected chi connectivity index (χ2v) is 15.7. The van der Waals surface area contributed by atoms with Gasteiger partial charge in [-0.2, -0.15) is 0 Å². The summed E-state index contributed by atoms with van der Waals surface area (Å²) in [6.45, 7) is 0. The predicted molar refractivity (Wildman–Crippen MR) is 263 cm³/mol. The van der Waals surface area contributed by atoms with Gasteiger partial charge in [0.15, 0.2) is 0 Å². The van der Waals surface area contributed by atoms with Gasteiger partial charge in [0, 0.05) is 33.4 Å². The molecule has 292 valence electrons. The number of hydrogen-bond acceptors (Lipinski definition) is 1. The zero-order chi connectivity index (χ0) is 41.2. The van der Waals surface area contributed by atoms with Gasteiger partial charge in [-0.25, -0.2) is 0 Å². The lowest BCUT2D eigenvalue weighted by atomic mass is 9.94. The van der Waals surface area contributed by atoms with Crippen LogP contribution in [0.4, 0.5) is 17.1 Å². The molecule has 62 heavy (non-hydrogen) atoms. The maximum atomic E-state index is 2.40. The lowest BCUT2D eigenvalue weighted by molar-refractivity contribution is 1.18. The molecule has 0 bridgehead atoms. The summed E-state index contributed by atoms with van der Waals surface area (Å²) in [5.74, 6) is 0. The minimum atomic E-state index is 1.08. The van der Waals surface area contributed by atoms with Crippen LogP contribution in [0, 0.1) is 0 Å². The molecule has 0 amide bonds. The minimum absolute atomic E-state index is 1.08. The Kier molecular flexibility index (Phi) is 9.57. The van der Waals surface area contributed by atoms with Gasteiger partial charge in [-0.1, -0.05) is 194 Å². The number of aromatic nitrogens is 1. The number of nitrogens with zero attached hydrogens (tertiary/aromatic N) is 2. The third kappa shape index (κ3) is 6.84. The van der Waals surface area contributed by atoms with E-state index >= 15 is 0 Å². The Bertz CT molecular complexity index is 3240. The van der Waals surface area contributed by atoms with Crippen molar-refractivity contribution in [2.45, 2.75) is 0 Å². The van der Waals surface area contributed by atoms with Crippen LogP contribution >= 0.6 is 0 Å². The molecule has 1 aromatic heterocycles. The van der Waals surface area contributed by atoms with Crippen LogP contribution < -0.4 is 4.90 Å². The van der Waals surface area contributed by atoms with E-state index in [0.717, 1.165) is 33.9 Å². The predicted octanol–water partition coefficient (Wildman–Crippen LogP) is 16.6. The Morgan fingerprint density at radius 3 is 1.16 bits per heavy atom. The van der Waals surface area contributed by atoms with Gasteiger partial charge in [0.05, 0.1) is 16.7 Å². The van der Waals surface area contributed by atoms with Gasteiger partial charge in [-0.05, 0) is 111 Å². The Hall–Kier alpha value is -8.20. The van der Waals surface area contributed by atoms with Crippen molar-refractivity contribution in [2.75, 3.05) is 4.90 Å². The Balaban J connectivity index is 1.00. The summed E-state index contributed by atoms with van der Waals surface area (Å²) in [4.78, 5) is 2.40. The summed E-state index contributed by atoms with van der Waals surface area (Å²) in [7, 11) is 0. The number of anilines is 3. The number of rotatable bonds is 9. The molecule has 0 atom stereocenters. The lowest BCUT2D eigenvalue weighted by Crippen LogP contribution is -2.11. The van der Waals surface area contributed by atoms with Gasteiger partial charge in [-0.15, -0.1) is 0 Å². The number of benzene rings is 10. The third-order valence-corrected chi connectivity index (χ3v) is 12.0. The molecule has 0 aliphatic rings. The molecule has 0 unspecified atom stereocenters. The first-order chi connectivity index (χ1) is 30.8. The van der Waals surface area contributed by atoms with Crippen LogP contribution in [0.25, 0.3) is 83.1 Å². The lowest BCUT2D eigenvalue weighted by Gasteiger charge is -2.29. The molecule has 0 aliphatic heterocycles. The van der Waals surface area contributed by atoms with E-state index in [1.807, 2.05) is 0 Å². The fraction of sp³-hybridized carbons (Fsp3) is 0. The quantitative estimate of drug-likeness (QED) is 0.141. The molecule has 0 aliphatic carbocycles. The number of fused-ring (bicyclic) bond motifs is 3. The van der Waals surface area contributed by atoms with Crippen LogP contribution in [0.3, 0.4) is 0 Å². The number of hydrogen-bond donors (Lipinski definition) is 0. The van der Waals surface area contributed by atoms with Crippen LogP contribution in [-0.4, -0.2) is 4.57 Å². The summed E-state index contributed by atoms with van der Waals surface area (Å²) in [5.41, 5.74) is 18.7. The fourth-order valence-corrected chi connectivity index (χ4v) is 9.02. The van der Waals surface area contributed by atoms with Crippen molar-refractivity contribution >= 4 is 38.9 Å². The van der Waals surface area contributed by atoms with Crippen molar-refractivity contribution in [1.82, 2.24) is 4.57 Å². The van der Waals surface area contributed by atoms with E-state index in [-0.39, 0.29) is 0 Å². The normalized spacial score (nSPS) is 11.2. The monoisotopic (exact) mass is 790 g/mol. The standard InChI is InChI=1S/C60H42N2/c1-4-16-43(17-5-1)49-34-41-60(57(42-49)47-20-8-3-9-21-47)61(51-39-32-48(33-40-51)54-23-11-10-22-53(54)46-18-6-2-7-19-46)50-35-28-44(29-36-50)45-30-37-52(38-31-45)62-58-26-14-12-24-55(58)56-25-13-15-27-59(56)62/h1-42H. The molecule has 0 spiro atoms. The largest absolute Gasteiger partial charge is 0.310 e. The van der Waals surface area contributed by atoms with Gasteiger partial charge < -0.3 is 9.47 Å². The minimum Gasteiger partial charge on any atom is -0.310 e. The second kappa shape index (κ2) is 16.1. The molecule has 10 aromatic carbocycles. The van der Waals surface area contributed by atoms with E-state index in [0.29, 0.717) is 0 Å². The topological polar surface area (TPSA) is 8.17 Å². The van der Waals surface area contributed by atoms with Crippen molar-refractivity contribution in [3.8, 4) is 61.3 Å². The van der Waals surface area contributed by atoms with Crippen molar-refractivity contribution in [3.05, 3.63) is 255 Å². The molecule has 11 rings (SSSR count). The van der Waals surface area contributed by atoms with E-state index in [2.05, 4.69) is 264 Å². The molecule has 2 nitrogen and oxygen atoms in total. The van der Waals surface area contributed by atoms with Gasteiger partial charge in [0.2, 0.25) is 0 Å². The first kappa shape index (κ1) is 36.8. The van der Waals surface area contributed by atoms with Crippen LogP contribution in [0.5, 0.6) is 0 Å². The van der Waals surface area contributed by atoms with Crippen LogP contribution in [0.1, 0.15) is 0 Å². The molecule has 0 radical (unpaired) electrons. The molecular weight excluding hydrogens is 749 g/mol. The zero-order valence-electron chi connectivity index (χ0n) is 34.1. The molecule has 0 N–H and O–H groups in total. The van der Waals surface area contributed by atoms with Crippen LogP contribution in [-0.2, 0) is 0 Å². The molecule has 2 heteroatoms. The van der Waals surface area contributed by atoms with E-state index in [4.69, 9.17) is 0 Å². The highest BCUT2D eigenvalue weighted by molar-refractivity contribution is 6.09. The fourth-order valence-electron chi connectivity index (χ4n) is 9.02. The SMILES string of the molecule is c1ccc(-c2ccc(N(c3ccc(-c4ccc(-n5c6ccccc6c6ccccc65)cc4)cc3)c3ccc(-c4ccccc4-c4ccccc4)cc3)c(-c3ccccc3)c2)cc1. The molecule has 11 aromatic rings. The first-order valence-electron chi connectivity index (χ1n) is 21.3.